The monoisotopic (exact) mass is 289 g/mol. The molecule has 0 atom stereocenters. The summed E-state index contributed by atoms with van der Waals surface area (Å²) < 4.78 is 5.33. The maximum absolute atomic E-state index is 5.33. The van der Waals surface area contributed by atoms with Crippen LogP contribution < -0.4 is 5.43 Å². The topological polar surface area (TPSA) is 37.4 Å². The van der Waals surface area contributed by atoms with Crippen molar-refractivity contribution in [2.45, 2.75) is 13.5 Å². The number of benzene rings is 1. The van der Waals surface area contributed by atoms with Crippen molar-refractivity contribution in [3.05, 3.63) is 41.0 Å². The van der Waals surface area contributed by atoms with Gasteiger partial charge in [0.2, 0.25) is 0 Å². The molecule has 1 aromatic carbocycles. The van der Waals surface area contributed by atoms with Gasteiger partial charge in [-0.2, -0.15) is 0 Å². The quantitative estimate of drug-likeness (QED) is 0.938. The molecule has 0 bridgehead atoms. The Morgan fingerprint density at radius 2 is 2.00 bits per heavy atom. The van der Waals surface area contributed by atoms with Gasteiger partial charge in [0.1, 0.15) is 5.01 Å². The zero-order valence-electron chi connectivity index (χ0n) is 11.6. The molecule has 0 radical (unpaired) electrons. The molecule has 5 heteroatoms. The number of hydrazine groups is 1. The highest BCUT2D eigenvalue weighted by molar-refractivity contribution is 7.15. The molecule has 106 valence electrons. The van der Waals surface area contributed by atoms with E-state index < -0.39 is 0 Å². The number of nitrogens with one attached hydrogen (secondary N) is 1. The number of ether oxygens (including phenoxy) is 1. The van der Waals surface area contributed by atoms with Gasteiger partial charge >= 0.3 is 0 Å². The lowest BCUT2D eigenvalue weighted by molar-refractivity contribution is 0.0105. The highest BCUT2D eigenvalue weighted by atomic mass is 32.1. The lowest BCUT2D eigenvalue weighted by Crippen LogP contribution is -2.45. The van der Waals surface area contributed by atoms with Gasteiger partial charge in [-0.25, -0.2) is 15.4 Å². The molecular weight excluding hydrogens is 270 g/mol. The van der Waals surface area contributed by atoms with Crippen LogP contribution in [0.1, 0.15) is 10.6 Å². The SMILES string of the molecule is Cc1ccc(-c2cnc(CNN3CCOCC3)s2)cc1. The van der Waals surface area contributed by atoms with Gasteiger partial charge in [-0.15, -0.1) is 11.3 Å². The maximum Gasteiger partial charge on any atom is 0.108 e. The Bertz CT molecular complexity index is 547. The predicted octanol–water partition coefficient (Wildman–Crippen LogP) is 2.46. The molecule has 1 aliphatic rings. The maximum atomic E-state index is 5.33. The molecule has 0 amide bonds. The van der Waals surface area contributed by atoms with E-state index in [1.807, 2.05) is 6.20 Å². The molecule has 0 unspecified atom stereocenters. The molecule has 0 spiro atoms. The van der Waals surface area contributed by atoms with Crippen LogP contribution in [0, 0.1) is 6.92 Å². The molecule has 0 saturated carbocycles. The zero-order valence-corrected chi connectivity index (χ0v) is 12.4. The van der Waals surface area contributed by atoms with E-state index >= 15 is 0 Å². The third kappa shape index (κ3) is 3.43. The average molecular weight is 289 g/mol. The van der Waals surface area contributed by atoms with E-state index in [9.17, 15) is 0 Å². The van der Waals surface area contributed by atoms with Gasteiger partial charge < -0.3 is 4.74 Å². The van der Waals surface area contributed by atoms with E-state index in [0.717, 1.165) is 37.9 Å². The number of morpholine rings is 1. The molecule has 1 aromatic heterocycles. The molecule has 20 heavy (non-hydrogen) atoms. The summed E-state index contributed by atoms with van der Waals surface area (Å²) in [5.41, 5.74) is 5.94. The van der Waals surface area contributed by atoms with E-state index in [1.165, 1.54) is 16.0 Å². The summed E-state index contributed by atoms with van der Waals surface area (Å²) in [5.74, 6) is 0. The first-order chi connectivity index (χ1) is 9.81. The second-order valence-electron chi connectivity index (χ2n) is 4.92. The van der Waals surface area contributed by atoms with Gasteiger partial charge in [0.05, 0.1) is 24.6 Å². The highest BCUT2D eigenvalue weighted by Crippen LogP contribution is 2.26. The smallest absolute Gasteiger partial charge is 0.108 e. The molecule has 0 aliphatic carbocycles. The van der Waals surface area contributed by atoms with Crippen molar-refractivity contribution in [3.8, 4) is 10.4 Å². The van der Waals surface area contributed by atoms with Crippen LogP contribution in [0.2, 0.25) is 0 Å². The van der Waals surface area contributed by atoms with Gasteiger partial charge in [-0.05, 0) is 12.5 Å². The van der Waals surface area contributed by atoms with Gasteiger partial charge in [0.25, 0.3) is 0 Å². The van der Waals surface area contributed by atoms with Crippen molar-refractivity contribution in [1.29, 1.82) is 0 Å². The molecule has 3 rings (SSSR count). The van der Waals surface area contributed by atoms with Gasteiger partial charge in [0.15, 0.2) is 0 Å². The van der Waals surface area contributed by atoms with Crippen LogP contribution in [-0.2, 0) is 11.3 Å². The first kappa shape index (κ1) is 13.7. The predicted molar refractivity (Wildman–Crippen MR) is 81.5 cm³/mol. The van der Waals surface area contributed by atoms with Crippen LogP contribution in [0.5, 0.6) is 0 Å². The Kier molecular flexibility index (Phi) is 4.42. The standard InChI is InChI=1S/C15H19N3OS/c1-12-2-4-13(5-3-12)14-10-16-15(20-14)11-17-18-6-8-19-9-7-18/h2-5,10,17H,6-9,11H2,1H3. The molecule has 1 fully saturated rings. The van der Waals surface area contributed by atoms with Crippen LogP contribution in [0.4, 0.5) is 0 Å². The minimum absolute atomic E-state index is 0.788. The molecule has 2 aromatic rings. The summed E-state index contributed by atoms with van der Waals surface area (Å²) in [6.45, 7) is 6.38. The summed E-state index contributed by atoms with van der Waals surface area (Å²) in [4.78, 5) is 5.72. The highest BCUT2D eigenvalue weighted by Gasteiger charge is 2.10. The first-order valence-electron chi connectivity index (χ1n) is 6.89. The van der Waals surface area contributed by atoms with E-state index in [0.29, 0.717) is 0 Å². The van der Waals surface area contributed by atoms with Crippen molar-refractivity contribution >= 4 is 11.3 Å². The fourth-order valence-electron chi connectivity index (χ4n) is 2.14. The first-order valence-corrected chi connectivity index (χ1v) is 7.71. The number of thiazole rings is 1. The zero-order chi connectivity index (χ0) is 13.8. The lowest BCUT2D eigenvalue weighted by Gasteiger charge is -2.26. The molecule has 1 N–H and O–H groups in total. The Hall–Kier alpha value is -1.27. The molecule has 2 heterocycles. The average Bonchev–Trinajstić information content (AvgIpc) is 2.96. The van der Waals surface area contributed by atoms with Crippen molar-refractivity contribution in [2.24, 2.45) is 0 Å². The number of hydrogen-bond acceptors (Lipinski definition) is 5. The van der Waals surface area contributed by atoms with Crippen LogP contribution in [0.3, 0.4) is 0 Å². The van der Waals surface area contributed by atoms with E-state index in [2.05, 4.69) is 46.6 Å². The van der Waals surface area contributed by atoms with Crippen LogP contribution in [-0.4, -0.2) is 36.3 Å². The fourth-order valence-corrected chi connectivity index (χ4v) is 3.00. The van der Waals surface area contributed by atoms with Gasteiger partial charge in [-0.3, -0.25) is 0 Å². The summed E-state index contributed by atoms with van der Waals surface area (Å²) in [6, 6.07) is 8.59. The fraction of sp³-hybridized carbons (Fsp3) is 0.400. The second-order valence-corrected chi connectivity index (χ2v) is 6.03. The Morgan fingerprint density at radius 1 is 1.25 bits per heavy atom. The van der Waals surface area contributed by atoms with E-state index in [1.54, 1.807) is 11.3 Å². The largest absolute Gasteiger partial charge is 0.379 e. The minimum Gasteiger partial charge on any atom is -0.379 e. The van der Waals surface area contributed by atoms with Crippen LogP contribution in [0.15, 0.2) is 30.5 Å². The van der Waals surface area contributed by atoms with Gasteiger partial charge in [-0.1, -0.05) is 29.8 Å². The summed E-state index contributed by atoms with van der Waals surface area (Å²) >= 11 is 1.75. The van der Waals surface area contributed by atoms with Gasteiger partial charge in [0, 0.05) is 19.3 Å². The van der Waals surface area contributed by atoms with Crippen molar-refractivity contribution in [2.75, 3.05) is 26.3 Å². The van der Waals surface area contributed by atoms with Crippen molar-refractivity contribution in [1.82, 2.24) is 15.4 Å². The Morgan fingerprint density at radius 3 is 2.75 bits per heavy atom. The minimum atomic E-state index is 0.788. The number of rotatable bonds is 4. The van der Waals surface area contributed by atoms with E-state index in [-0.39, 0.29) is 0 Å². The van der Waals surface area contributed by atoms with Crippen LogP contribution in [0.25, 0.3) is 10.4 Å². The summed E-state index contributed by atoms with van der Waals surface area (Å²) in [7, 11) is 0. The summed E-state index contributed by atoms with van der Waals surface area (Å²) in [6.07, 6.45) is 1.96. The van der Waals surface area contributed by atoms with E-state index in [4.69, 9.17) is 4.74 Å². The molecule has 1 aliphatic heterocycles. The Labute approximate surface area is 123 Å². The lowest BCUT2D eigenvalue weighted by atomic mass is 10.1. The molecule has 1 saturated heterocycles. The van der Waals surface area contributed by atoms with Crippen molar-refractivity contribution in [3.63, 3.8) is 0 Å². The third-order valence-electron chi connectivity index (χ3n) is 3.35. The van der Waals surface area contributed by atoms with Crippen molar-refractivity contribution < 1.29 is 4.74 Å². The number of nitrogens with zero attached hydrogens (tertiary/aromatic N) is 2. The van der Waals surface area contributed by atoms with Crippen LogP contribution >= 0.6 is 11.3 Å². The third-order valence-corrected chi connectivity index (χ3v) is 4.40. The number of aryl methyl sites for hydroxylation is 1. The number of hydrogen-bond donors (Lipinski definition) is 1. The number of aromatic nitrogens is 1. The Balaban J connectivity index is 1.60. The molecule has 4 nitrogen and oxygen atoms in total. The summed E-state index contributed by atoms with van der Waals surface area (Å²) in [5, 5.41) is 3.32. The second kappa shape index (κ2) is 6.45. The normalized spacial score (nSPS) is 16.4. The molecular formula is C15H19N3OS.